The fourth-order valence-electron chi connectivity index (χ4n) is 5.23. The Morgan fingerprint density at radius 2 is 1.63 bits per heavy atom. The second-order valence-electron chi connectivity index (χ2n) is 10.3. The van der Waals surface area contributed by atoms with E-state index in [1.807, 2.05) is 31.2 Å². The summed E-state index contributed by atoms with van der Waals surface area (Å²) in [4.78, 5) is 25.7. The molecule has 1 atom stereocenters. The molecule has 0 saturated heterocycles. The summed E-state index contributed by atoms with van der Waals surface area (Å²) in [6.07, 6.45) is 3.65. The summed E-state index contributed by atoms with van der Waals surface area (Å²) in [6, 6.07) is 22.5. The van der Waals surface area contributed by atoms with Crippen LogP contribution in [0.4, 0.5) is 0 Å². The molecule has 2 aliphatic rings. The van der Waals surface area contributed by atoms with Gasteiger partial charge in [-0.1, -0.05) is 67.6 Å². The zero-order valence-electron chi connectivity index (χ0n) is 23.3. The largest absolute Gasteiger partial charge is 0.463 e. The minimum Gasteiger partial charge on any atom is -0.463 e. The molecular weight excluding hydrogens is 538 g/mol. The first kappa shape index (κ1) is 28.6. The van der Waals surface area contributed by atoms with Crippen molar-refractivity contribution in [2.45, 2.75) is 50.5 Å². The molecule has 8 nitrogen and oxygen atoms in total. The number of nitrogens with zero attached hydrogens (tertiary/aromatic N) is 1. The van der Waals surface area contributed by atoms with Crippen molar-refractivity contribution in [3.8, 4) is 11.1 Å². The van der Waals surface area contributed by atoms with Crippen molar-refractivity contribution in [2.24, 2.45) is 5.92 Å². The maximum absolute atomic E-state index is 13.3. The molecule has 5 rings (SSSR count). The highest BCUT2D eigenvalue weighted by atomic mass is 32.2. The lowest BCUT2D eigenvalue weighted by atomic mass is 9.97. The summed E-state index contributed by atoms with van der Waals surface area (Å²) in [5.74, 6) is -0.513. The van der Waals surface area contributed by atoms with Crippen molar-refractivity contribution in [3.63, 3.8) is 0 Å². The van der Waals surface area contributed by atoms with Gasteiger partial charge in [0.15, 0.2) is 0 Å². The predicted octanol–water partition coefficient (Wildman–Crippen LogP) is 4.84. The van der Waals surface area contributed by atoms with Gasteiger partial charge >= 0.3 is 5.97 Å². The van der Waals surface area contributed by atoms with Crippen molar-refractivity contribution in [1.29, 1.82) is 0 Å². The Hall–Kier alpha value is -3.95. The number of benzene rings is 3. The molecule has 1 heterocycles. The fourth-order valence-corrected chi connectivity index (χ4v) is 6.44. The second-order valence-corrected chi connectivity index (χ2v) is 12.0. The molecule has 1 aliphatic carbocycles. The Morgan fingerprint density at radius 1 is 0.951 bits per heavy atom. The summed E-state index contributed by atoms with van der Waals surface area (Å²) in [7, 11) is -4.13. The molecular formula is C32H35N3O5S. The Kier molecular flexibility index (Phi) is 8.56. The molecule has 1 amide bonds. The molecule has 0 spiro atoms. The number of ether oxygens (including phenoxy) is 1. The number of allylic oxidation sites excluding steroid dienone is 1. The molecule has 3 aromatic carbocycles. The van der Waals surface area contributed by atoms with E-state index >= 15 is 0 Å². The van der Waals surface area contributed by atoms with Crippen molar-refractivity contribution < 1.29 is 22.7 Å². The quantitative estimate of drug-likeness (QED) is 0.316. The van der Waals surface area contributed by atoms with Gasteiger partial charge in [0, 0.05) is 29.8 Å². The number of carbonyl (C=O) groups is 2. The van der Waals surface area contributed by atoms with E-state index in [2.05, 4.69) is 22.1 Å². The minimum atomic E-state index is -4.13. The smallest absolute Gasteiger partial charge is 0.337 e. The number of esters is 1. The van der Waals surface area contributed by atoms with Crippen LogP contribution in [-0.4, -0.2) is 44.5 Å². The number of hydrazine groups is 1. The van der Waals surface area contributed by atoms with E-state index in [9.17, 15) is 18.0 Å². The first-order chi connectivity index (χ1) is 19.8. The predicted molar refractivity (Wildman–Crippen MR) is 157 cm³/mol. The fraction of sp³-hybridized carbons (Fsp3) is 0.312. The summed E-state index contributed by atoms with van der Waals surface area (Å²) in [5, 5.41) is 2.10. The van der Waals surface area contributed by atoms with Crippen LogP contribution < -0.4 is 10.1 Å². The van der Waals surface area contributed by atoms with Crippen LogP contribution in [-0.2, 0) is 26.0 Å². The van der Waals surface area contributed by atoms with Crippen LogP contribution >= 0.6 is 0 Å². The third kappa shape index (κ3) is 6.36. The van der Waals surface area contributed by atoms with Crippen LogP contribution in [0.2, 0.25) is 0 Å². The average molecular weight is 574 g/mol. The molecule has 1 unspecified atom stereocenters. The topological polar surface area (TPSA) is 105 Å². The first-order valence-corrected chi connectivity index (χ1v) is 15.5. The summed E-state index contributed by atoms with van der Waals surface area (Å²) < 4.78 is 34.2. The highest BCUT2D eigenvalue weighted by molar-refractivity contribution is 7.90. The number of nitrogens with one attached hydrogen (secondary N) is 2. The maximum atomic E-state index is 13.3. The highest BCUT2D eigenvalue weighted by Crippen LogP contribution is 2.41. The number of rotatable bonds is 11. The van der Waals surface area contributed by atoms with Crippen LogP contribution in [0.3, 0.4) is 0 Å². The molecule has 1 fully saturated rings. The molecule has 0 aromatic heterocycles. The lowest BCUT2D eigenvalue weighted by Crippen LogP contribution is -2.40. The molecule has 9 heteroatoms. The van der Waals surface area contributed by atoms with Gasteiger partial charge in [-0.25, -0.2) is 23.4 Å². The van der Waals surface area contributed by atoms with Gasteiger partial charge in [-0.3, -0.25) is 4.79 Å². The Labute approximate surface area is 241 Å². The summed E-state index contributed by atoms with van der Waals surface area (Å²) in [6.45, 7) is 5.03. The number of hydrogen-bond donors (Lipinski definition) is 2. The van der Waals surface area contributed by atoms with Crippen molar-refractivity contribution in [3.05, 3.63) is 101 Å². The van der Waals surface area contributed by atoms with Crippen LogP contribution in [0, 0.1) is 5.92 Å². The van der Waals surface area contributed by atoms with Gasteiger partial charge in [-0.2, -0.15) is 0 Å². The van der Waals surface area contributed by atoms with Gasteiger partial charge in [-0.15, -0.1) is 0 Å². The summed E-state index contributed by atoms with van der Waals surface area (Å²) >= 11 is 0. The van der Waals surface area contributed by atoms with E-state index in [-0.39, 0.29) is 22.5 Å². The van der Waals surface area contributed by atoms with Crippen molar-refractivity contribution >= 4 is 21.9 Å². The van der Waals surface area contributed by atoms with E-state index in [0.717, 1.165) is 42.6 Å². The molecule has 0 radical (unpaired) electrons. The molecule has 0 bridgehead atoms. The highest BCUT2D eigenvalue weighted by Gasteiger charge is 2.44. The second kappa shape index (κ2) is 12.3. The first-order valence-electron chi connectivity index (χ1n) is 14.1. The number of hydrogen-bond acceptors (Lipinski definition) is 7. The summed E-state index contributed by atoms with van der Waals surface area (Å²) in [5.41, 5.74) is 7.65. The van der Waals surface area contributed by atoms with Gasteiger partial charge in [0.05, 0.1) is 23.1 Å². The normalized spacial score (nSPS) is 17.0. The van der Waals surface area contributed by atoms with E-state index < -0.39 is 15.9 Å². The molecule has 214 valence electrons. The van der Waals surface area contributed by atoms with Crippen molar-refractivity contribution in [1.82, 2.24) is 15.2 Å². The van der Waals surface area contributed by atoms with Gasteiger partial charge in [0.2, 0.25) is 0 Å². The van der Waals surface area contributed by atoms with E-state index in [4.69, 9.17) is 4.74 Å². The van der Waals surface area contributed by atoms with E-state index in [0.29, 0.717) is 30.1 Å². The van der Waals surface area contributed by atoms with Gasteiger partial charge in [0.1, 0.15) is 0 Å². The van der Waals surface area contributed by atoms with Crippen molar-refractivity contribution in [2.75, 3.05) is 13.2 Å². The maximum Gasteiger partial charge on any atom is 0.337 e. The zero-order valence-corrected chi connectivity index (χ0v) is 24.1. The molecule has 41 heavy (non-hydrogen) atoms. The van der Waals surface area contributed by atoms with Crippen LogP contribution in [0.1, 0.15) is 49.0 Å². The Balaban J connectivity index is 1.41. The SMILES string of the molecule is CCCN1NC(C2CC2)C(C(=O)OCC)=C1Cc1ccc(-c2ccccc2S(=O)(=O)NC(=O)c2ccccc2)cc1. The molecule has 3 aromatic rings. The third-order valence-electron chi connectivity index (χ3n) is 7.35. The lowest BCUT2D eigenvalue weighted by molar-refractivity contribution is -0.138. The standard InChI is InChI=1S/C32H35N3O5S/c1-3-20-35-27(29(32(37)40-4-2)30(33-35)24-18-19-24)21-22-14-16-23(17-15-22)26-12-8-9-13-28(26)41(38,39)34-31(36)25-10-6-5-7-11-25/h5-17,24,30,33H,3-4,18-21H2,1-2H3,(H,34,36). The Bertz CT molecular complexity index is 1550. The van der Waals surface area contributed by atoms with Crippen LogP contribution in [0.15, 0.2) is 95.0 Å². The zero-order chi connectivity index (χ0) is 29.0. The molecule has 1 saturated carbocycles. The average Bonchev–Trinajstić information content (AvgIpc) is 3.77. The van der Waals surface area contributed by atoms with Gasteiger partial charge in [0.25, 0.3) is 15.9 Å². The van der Waals surface area contributed by atoms with Gasteiger partial charge in [-0.05, 0) is 61.4 Å². The van der Waals surface area contributed by atoms with E-state index in [1.54, 1.807) is 48.5 Å². The molecule has 1 aliphatic heterocycles. The lowest BCUT2D eigenvalue weighted by Gasteiger charge is -2.23. The Morgan fingerprint density at radius 3 is 2.29 bits per heavy atom. The van der Waals surface area contributed by atoms with Crippen LogP contribution in [0.25, 0.3) is 11.1 Å². The third-order valence-corrected chi connectivity index (χ3v) is 8.74. The van der Waals surface area contributed by atoms with Gasteiger partial charge < -0.3 is 9.75 Å². The van der Waals surface area contributed by atoms with E-state index in [1.165, 1.54) is 6.07 Å². The monoisotopic (exact) mass is 573 g/mol. The number of sulfonamides is 1. The number of carbonyl (C=O) groups excluding carboxylic acids is 2. The number of amides is 1. The van der Waals surface area contributed by atoms with Crippen LogP contribution in [0.5, 0.6) is 0 Å². The molecule has 2 N–H and O–H groups in total. The minimum absolute atomic E-state index is 0.0192.